The minimum Gasteiger partial charge on any atom is -0.506 e. The van der Waals surface area contributed by atoms with Crippen molar-refractivity contribution in [3.63, 3.8) is 0 Å². The maximum Gasteiger partial charge on any atom is 0.140 e. The number of fused-ring (bicyclic) bond motifs is 3. The van der Waals surface area contributed by atoms with Gasteiger partial charge >= 0.3 is 0 Å². The van der Waals surface area contributed by atoms with Gasteiger partial charge in [0.15, 0.2) is 0 Å². The molecule has 0 bridgehead atoms. The van der Waals surface area contributed by atoms with Crippen LogP contribution in [0.5, 0.6) is 5.75 Å². The number of nitrogens with zero attached hydrogens (tertiary/aromatic N) is 4. The molecule has 0 aliphatic carbocycles. The van der Waals surface area contributed by atoms with Gasteiger partial charge in [0.05, 0.1) is 11.4 Å². The number of phenolic OH excluding ortho intramolecular Hbond substituents is 1. The molecule has 0 saturated carbocycles. The predicted octanol–water partition coefficient (Wildman–Crippen LogP) is 7.52. The molecular formula is C30H25N4OPt-. The number of anilines is 5. The number of para-hydroxylation sites is 3. The molecule has 3 heterocycles. The summed E-state index contributed by atoms with van der Waals surface area (Å²) in [5.74, 6) is 0.998. The zero-order valence-corrected chi connectivity index (χ0v) is 22.5. The topological polar surface area (TPSA) is 52.5 Å². The van der Waals surface area contributed by atoms with Crippen molar-refractivity contribution >= 4 is 39.5 Å². The van der Waals surface area contributed by atoms with Gasteiger partial charge < -0.3 is 14.9 Å². The van der Waals surface area contributed by atoms with E-state index in [1.165, 1.54) is 0 Å². The Kier molecular flexibility index (Phi) is 6.05. The molecule has 0 unspecified atom stereocenters. The third kappa shape index (κ3) is 3.94. The summed E-state index contributed by atoms with van der Waals surface area (Å²) in [7, 11) is 0. The van der Waals surface area contributed by atoms with Gasteiger partial charge in [0.25, 0.3) is 0 Å². The van der Waals surface area contributed by atoms with Gasteiger partial charge in [-0.25, -0.2) is 4.98 Å². The molecule has 0 fully saturated rings. The third-order valence-corrected chi connectivity index (χ3v) is 6.26. The smallest absolute Gasteiger partial charge is 0.140 e. The Morgan fingerprint density at radius 2 is 1.56 bits per heavy atom. The summed E-state index contributed by atoms with van der Waals surface area (Å²) in [6.07, 6.45) is 1.81. The molecule has 1 N–H and O–H groups in total. The van der Waals surface area contributed by atoms with Crippen molar-refractivity contribution in [2.45, 2.75) is 26.3 Å². The van der Waals surface area contributed by atoms with Gasteiger partial charge in [-0.3, -0.25) is 4.98 Å². The number of rotatable bonds is 2. The molecule has 6 rings (SSSR count). The van der Waals surface area contributed by atoms with Crippen molar-refractivity contribution in [1.82, 2.24) is 9.97 Å². The molecule has 5 aromatic rings. The molecule has 2 aromatic heterocycles. The molecular weight excluding hydrogens is 627 g/mol. The van der Waals surface area contributed by atoms with E-state index in [4.69, 9.17) is 4.98 Å². The van der Waals surface area contributed by atoms with E-state index in [-0.39, 0.29) is 32.4 Å². The first-order valence-electron chi connectivity index (χ1n) is 11.7. The zero-order valence-electron chi connectivity index (χ0n) is 20.2. The molecule has 3 aromatic carbocycles. The van der Waals surface area contributed by atoms with Gasteiger partial charge in [-0.15, -0.1) is 23.8 Å². The number of aromatic hydroxyl groups is 1. The van der Waals surface area contributed by atoms with Crippen LogP contribution in [0.2, 0.25) is 0 Å². The largest absolute Gasteiger partial charge is 0.506 e. The van der Waals surface area contributed by atoms with Crippen LogP contribution in [0.15, 0.2) is 91.1 Å². The fraction of sp³-hybridized carbons (Fsp3) is 0.133. The van der Waals surface area contributed by atoms with E-state index >= 15 is 0 Å². The van der Waals surface area contributed by atoms with Gasteiger partial charge in [0, 0.05) is 38.2 Å². The number of hydrogen-bond acceptors (Lipinski definition) is 5. The summed E-state index contributed by atoms with van der Waals surface area (Å²) in [5, 5.41) is 11.3. The Hall–Kier alpha value is -3.69. The van der Waals surface area contributed by atoms with Crippen molar-refractivity contribution in [3.05, 3.63) is 97.2 Å². The van der Waals surface area contributed by atoms with E-state index < -0.39 is 0 Å². The van der Waals surface area contributed by atoms with Gasteiger partial charge in [-0.05, 0) is 68.2 Å². The molecule has 36 heavy (non-hydrogen) atoms. The molecule has 0 saturated heterocycles. The normalized spacial score (nSPS) is 12.6. The maximum absolute atomic E-state index is 10.4. The Bertz CT molecular complexity index is 1560. The van der Waals surface area contributed by atoms with Gasteiger partial charge in [-0.2, -0.15) is 0 Å². The SMILES string of the molecule is CC(C)(C)N1c2ccc(-c3ccc4cccc(O)c4n3)[c-]c2N(c2ccccn2)c2ccccc21.[Pt]. The van der Waals surface area contributed by atoms with Crippen LogP contribution in [0.4, 0.5) is 28.6 Å². The molecule has 6 heteroatoms. The van der Waals surface area contributed by atoms with Gasteiger partial charge in [0.1, 0.15) is 17.1 Å². The van der Waals surface area contributed by atoms with E-state index in [1.807, 2.05) is 48.7 Å². The summed E-state index contributed by atoms with van der Waals surface area (Å²) < 4.78 is 0. The van der Waals surface area contributed by atoms with Crippen LogP contribution in [0.1, 0.15) is 20.8 Å². The molecule has 1 aliphatic heterocycles. The Labute approximate surface area is 225 Å². The number of pyridine rings is 2. The molecule has 0 radical (unpaired) electrons. The fourth-order valence-corrected chi connectivity index (χ4v) is 4.80. The summed E-state index contributed by atoms with van der Waals surface area (Å²) in [5.41, 5.74) is 6.15. The quantitative estimate of drug-likeness (QED) is 0.200. The number of benzene rings is 3. The Morgan fingerprint density at radius 1 is 0.778 bits per heavy atom. The second kappa shape index (κ2) is 9.07. The van der Waals surface area contributed by atoms with Gasteiger partial charge in [0.2, 0.25) is 0 Å². The third-order valence-electron chi connectivity index (χ3n) is 6.26. The summed E-state index contributed by atoms with van der Waals surface area (Å²) in [4.78, 5) is 14.0. The first-order valence-corrected chi connectivity index (χ1v) is 11.7. The summed E-state index contributed by atoms with van der Waals surface area (Å²) in [6.45, 7) is 6.64. The molecule has 0 amide bonds. The zero-order chi connectivity index (χ0) is 24.2. The van der Waals surface area contributed by atoms with E-state index in [2.05, 4.69) is 78.0 Å². The Morgan fingerprint density at radius 3 is 2.31 bits per heavy atom. The average molecular weight is 653 g/mol. The second-order valence-electron chi connectivity index (χ2n) is 9.67. The minimum absolute atomic E-state index is 0. The second-order valence-corrected chi connectivity index (χ2v) is 9.67. The minimum atomic E-state index is -0.163. The van der Waals surface area contributed by atoms with Crippen LogP contribution < -0.4 is 9.80 Å². The number of hydrogen-bond donors (Lipinski definition) is 1. The van der Waals surface area contributed by atoms with Crippen molar-refractivity contribution in [1.29, 1.82) is 0 Å². The molecule has 0 atom stereocenters. The monoisotopic (exact) mass is 652 g/mol. The molecule has 5 nitrogen and oxygen atoms in total. The van der Waals surface area contributed by atoms with E-state index in [0.29, 0.717) is 5.52 Å². The van der Waals surface area contributed by atoms with Crippen molar-refractivity contribution in [2.24, 2.45) is 0 Å². The molecule has 182 valence electrons. The fourth-order valence-electron chi connectivity index (χ4n) is 4.80. The summed E-state index contributed by atoms with van der Waals surface area (Å²) >= 11 is 0. The summed E-state index contributed by atoms with van der Waals surface area (Å²) in [6, 6.07) is 31.6. The predicted molar refractivity (Wildman–Crippen MR) is 142 cm³/mol. The van der Waals surface area contributed by atoms with E-state index in [1.54, 1.807) is 6.07 Å². The van der Waals surface area contributed by atoms with Crippen molar-refractivity contribution in [3.8, 4) is 17.0 Å². The maximum atomic E-state index is 10.4. The first kappa shape index (κ1) is 24.0. The van der Waals surface area contributed by atoms with Crippen LogP contribution in [-0.4, -0.2) is 20.6 Å². The number of phenols is 1. The van der Waals surface area contributed by atoms with Crippen LogP contribution in [0, 0.1) is 6.07 Å². The van der Waals surface area contributed by atoms with Crippen LogP contribution in [0.25, 0.3) is 22.2 Å². The first-order chi connectivity index (χ1) is 16.9. The standard InChI is InChI=1S/C30H25N4O.Pt/c1-30(2,3)34-24-11-5-4-10-23(24)33(28-13-6-7-18-31-28)26-19-21(15-17-25(26)34)22-16-14-20-9-8-12-27(35)29(20)32-22;/h4-18,35H,1-3H3;/q-1;. The van der Waals surface area contributed by atoms with Crippen molar-refractivity contribution < 1.29 is 26.2 Å². The number of aromatic nitrogens is 2. The van der Waals surface area contributed by atoms with Crippen LogP contribution >= 0.6 is 0 Å². The van der Waals surface area contributed by atoms with E-state index in [9.17, 15) is 5.11 Å². The van der Waals surface area contributed by atoms with Crippen LogP contribution in [-0.2, 0) is 21.1 Å². The molecule has 1 aliphatic rings. The molecule has 0 spiro atoms. The average Bonchev–Trinajstić information content (AvgIpc) is 2.86. The van der Waals surface area contributed by atoms with Crippen molar-refractivity contribution in [2.75, 3.05) is 9.80 Å². The van der Waals surface area contributed by atoms with Crippen LogP contribution in [0.3, 0.4) is 0 Å². The van der Waals surface area contributed by atoms with Gasteiger partial charge in [-0.1, -0.05) is 42.5 Å². The van der Waals surface area contributed by atoms with E-state index in [0.717, 1.165) is 45.2 Å². The Balaban J connectivity index is 0.00000267.